The van der Waals surface area contributed by atoms with Gasteiger partial charge in [0.15, 0.2) is 0 Å². The topological polar surface area (TPSA) is 50.2 Å². The van der Waals surface area contributed by atoms with Gasteiger partial charge in [0.05, 0.1) is 11.4 Å². The fourth-order valence-corrected chi connectivity index (χ4v) is 4.23. The van der Waals surface area contributed by atoms with Gasteiger partial charge in [0.2, 0.25) is 0 Å². The zero-order chi connectivity index (χ0) is 19.9. The van der Waals surface area contributed by atoms with Gasteiger partial charge in [0.1, 0.15) is 5.69 Å². The molecule has 1 aromatic carbocycles. The molecule has 0 radical (unpaired) electrons. The average molecular weight is 383 g/mol. The quantitative estimate of drug-likeness (QED) is 0.739. The molecular weight excluding hydrogens is 348 g/mol. The number of hydrogen-bond donors (Lipinski definition) is 1. The molecule has 3 rings (SSSR count). The lowest BCUT2D eigenvalue weighted by atomic mass is 9.93. The second-order valence-electron chi connectivity index (χ2n) is 7.96. The van der Waals surface area contributed by atoms with Gasteiger partial charge in [0, 0.05) is 25.2 Å². The first-order valence-corrected chi connectivity index (χ1v) is 10.8. The van der Waals surface area contributed by atoms with Crippen LogP contribution in [0.1, 0.15) is 68.6 Å². The molecule has 152 valence electrons. The number of hydrogen-bond acceptors (Lipinski definition) is 3. The van der Waals surface area contributed by atoms with E-state index in [4.69, 9.17) is 0 Å². The Hall–Kier alpha value is -2.14. The molecule has 0 unspecified atom stereocenters. The number of carbonyl (C=O) groups is 1. The number of rotatable bonds is 8. The lowest BCUT2D eigenvalue weighted by Crippen LogP contribution is -2.46. The predicted molar refractivity (Wildman–Crippen MR) is 114 cm³/mol. The van der Waals surface area contributed by atoms with Gasteiger partial charge in [-0.2, -0.15) is 5.10 Å². The van der Waals surface area contributed by atoms with Crippen molar-refractivity contribution in [3.63, 3.8) is 0 Å². The summed E-state index contributed by atoms with van der Waals surface area (Å²) in [5.41, 5.74) is 2.35. The van der Waals surface area contributed by atoms with Gasteiger partial charge < -0.3 is 5.32 Å². The van der Waals surface area contributed by atoms with Crippen LogP contribution in [0.15, 0.2) is 36.4 Å². The van der Waals surface area contributed by atoms with Crippen molar-refractivity contribution in [3.05, 3.63) is 47.8 Å². The number of nitrogens with zero attached hydrogens (tertiary/aromatic N) is 3. The molecule has 0 bridgehead atoms. The molecule has 1 atom stereocenters. The first kappa shape index (κ1) is 20.6. The third-order valence-electron chi connectivity index (χ3n) is 5.92. The molecule has 0 spiro atoms. The van der Waals surface area contributed by atoms with Crippen LogP contribution in [0.2, 0.25) is 0 Å². The van der Waals surface area contributed by atoms with Gasteiger partial charge in [-0.1, -0.05) is 44.4 Å². The minimum Gasteiger partial charge on any atom is -0.349 e. The largest absolute Gasteiger partial charge is 0.349 e. The summed E-state index contributed by atoms with van der Waals surface area (Å²) in [6, 6.07) is 12.9. The van der Waals surface area contributed by atoms with Crippen LogP contribution in [-0.4, -0.2) is 45.8 Å². The summed E-state index contributed by atoms with van der Waals surface area (Å²) < 4.78 is 1.73. The average Bonchev–Trinajstić information content (AvgIpc) is 3.13. The maximum Gasteiger partial charge on any atom is 0.270 e. The van der Waals surface area contributed by atoms with Crippen LogP contribution in [0.4, 0.5) is 0 Å². The Morgan fingerprint density at radius 1 is 1.25 bits per heavy atom. The lowest BCUT2D eigenvalue weighted by Gasteiger charge is -2.38. The Bertz CT molecular complexity index is 749. The second kappa shape index (κ2) is 9.87. The van der Waals surface area contributed by atoms with Gasteiger partial charge >= 0.3 is 0 Å². The molecule has 1 aliphatic carbocycles. The molecule has 1 fully saturated rings. The van der Waals surface area contributed by atoms with E-state index >= 15 is 0 Å². The fraction of sp³-hybridized carbons (Fsp3) is 0.565. The third kappa shape index (κ3) is 5.02. The van der Waals surface area contributed by atoms with Crippen molar-refractivity contribution in [1.82, 2.24) is 20.0 Å². The van der Waals surface area contributed by atoms with Crippen molar-refractivity contribution in [2.45, 2.75) is 71.4 Å². The summed E-state index contributed by atoms with van der Waals surface area (Å²) in [4.78, 5) is 15.5. The highest BCUT2D eigenvalue weighted by molar-refractivity contribution is 5.93. The summed E-state index contributed by atoms with van der Waals surface area (Å²) in [6.07, 6.45) is 7.75. The molecule has 5 nitrogen and oxygen atoms in total. The summed E-state index contributed by atoms with van der Waals surface area (Å²) >= 11 is 0. The van der Waals surface area contributed by atoms with E-state index in [0.717, 1.165) is 24.3 Å². The zero-order valence-corrected chi connectivity index (χ0v) is 17.5. The van der Waals surface area contributed by atoms with Gasteiger partial charge in [0.25, 0.3) is 5.91 Å². The number of aryl methyl sites for hydroxylation is 1. The predicted octanol–water partition coefficient (Wildman–Crippen LogP) is 4.34. The van der Waals surface area contributed by atoms with Gasteiger partial charge in [-0.3, -0.25) is 9.69 Å². The van der Waals surface area contributed by atoms with Crippen molar-refractivity contribution in [3.8, 4) is 5.69 Å². The molecule has 1 N–H and O–H groups in total. The Balaban J connectivity index is 1.63. The maximum absolute atomic E-state index is 12.9. The molecule has 1 amide bonds. The first-order chi connectivity index (χ1) is 13.6. The van der Waals surface area contributed by atoms with E-state index < -0.39 is 0 Å². The van der Waals surface area contributed by atoms with Crippen LogP contribution in [0.5, 0.6) is 0 Å². The van der Waals surface area contributed by atoms with E-state index in [1.807, 2.05) is 43.3 Å². The summed E-state index contributed by atoms with van der Waals surface area (Å²) in [7, 11) is 0. The molecule has 1 aliphatic rings. The molecule has 1 aromatic heterocycles. The van der Waals surface area contributed by atoms with Crippen LogP contribution < -0.4 is 5.32 Å². The van der Waals surface area contributed by atoms with E-state index in [2.05, 4.69) is 29.2 Å². The molecule has 1 saturated carbocycles. The fourth-order valence-electron chi connectivity index (χ4n) is 4.23. The highest BCUT2D eigenvalue weighted by atomic mass is 16.2. The minimum absolute atomic E-state index is 0.0581. The van der Waals surface area contributed by atoms with Crippen LogP contribution in [0, 0.1) is 6.92 Å². The molecular formula is C23H34N4O. The maximum atomic E-state index is 12.9. The van der Waals surface area contributed by atoms with E-state index in [9.17, 15) is 4.79 Å². The van der Waals surface area contributed by atoms with E-state index in [1.54, 1.807) is 4.68 Å². The Kier molecular flexibility index (Phi) is 7.26. The minimum atomic E-state index is -0.0581. The molecule has 28 heavy (non-hydrogen) atoms. The summed E-state index contributed by atoms with van der Waals surface area (Å²) in [5, 5.41) is 7.64. The molecule has 0 aliphatic heterocycles. The van der Waals surface area contributed by atoms with Gasteiger partial charge in [-0.05, 0) is 51.3 Å². The SMILES string of the molecule is CC[C@H](C)N(CCNC(=O)c1cc(C)nn1-c1ccccc1)C1CCCCC1. The molecule has 2 aromatic rings. The summed E-state index contributed by atoms with van der Waals surface area (Å²) in [6.45, 7) is 8.05. The number of aromatic nitrogens is 2. The van der Waals surface area contributed by atoms with E-state index in [0.29, 0.717) is 24.3 Å². The van der Waals surface area contributed by atoms with Crippen molar-refractivity contribution in [2.75, 3.05) is 13.1 Å². The number of amides is 1. The van der Waals surface area contributed by atoms with Crippen LogP contribution >= 0.6 is 0 Å². The zero-order valence-electron chi connectivity index (χ0n) is 17.5. The van der Waals surface area contributed by atoms with Gasteiger partial charge in [-0.25, -0.2) is 4.68 Å². The lowest BCUT2D eigenvalue weighted by molar-refractivity contribution is 0.0896. The van der Waals surface area contributed by atoms with E-state index in [-0.39, 0.29) is 5.91 Å². The Morgan fingerprint density at radius 3 is 2.64 bits per heavy atom. The Morgan fingerprint density at radius 2 is 1.96 bits per heavy atom. The van der Waals surface area contributed by atoms with Crippen molar-refractivity contribution >= 4 is 5.91 Å². The van der Waals surface area contributed by atoms with Crippen molar-refractivity contribution in [2.24, 2.45) is 0 Å². The smallest absolute Gasteiger partial charge is 0.270 e. The van der Waals surface area contributed by atoms with Crippen molar-refractivity contribution < 1.29 is 4.79 Å². The number of nitrogens with one attached hydrogen (secondary N) is 1. The van der Waals surface area contributed by atoms with Gasteiger partial charge in [-0.15, -0.1) is 0 Å². The highest BCUT2D eigenvalue weighted by Crippen LogP contribution is 2.24. The molecule has 0 saturated heterocycles. The van der Waals surface area contributed by atoms with Crippen LogP contribution in [0.3, 0.4) is 0 Å². The molecule has 1 heterocycles. The summed E-state index contributed by atoms with van der Waals surface area (Å²) in [5.74, 6) is -0.0581. The van der Waals surface area contributed by atoms with E-state index in [1.165, 1.54) is 32.1 Å². The standard InChI is InChI=1S/C23H34N4O/c1-4-19(3)26(20-11-7-5-8-12-20)16-15-24-23(28)22-17-18(2)25-27(22)21-13-9-6-10-14-21/h6,9-10,13-14,17,19-20H,4-5,7-8,11-12,15-16H2,1-3H3,(H,24,28)/t19-/m0/s1. The third-order valence-corrected chi connectivity index (χ3v) is 5.92. The number of para-hydroxylation sites is 1. The number of benzene rings is 1. The normalized spacial score (nSPS) is 16.3. The monoisotopic (exact) mass is 382 g/mol. The second-order valence-corrected chi connectivity index (χ2v) is 7.96. The van der Waals surface area contributed by atoms with Crippen LogP contribution in [-0.2, 0) is 0 Å². The van der Waals surface area contributed by atoms with Crippen LogP contribution in [0.25, 0.3) is 5.69 Å². The first-order valence-electron chi connectivity index (χ1n) is 10.8. The molecule has 5 heteroatoms. The number of carbonyl (C=O) groups excluding carboxylic acids is 1. The van der Waals surface area contributed by atoms with Crippen molar-refractivity contribution in [1.29, 1.82) is 0 Å². The highest BCUT2D eigenvalue weighted by Gasteiger charge is 2.24. The Labute approximate surface area is 169 Å².